The molecule has 0 aliphatic heterocycles. The zero-order valence-corrected chi connectivity index (χ0v) is 10.3. The summed E-state index contributed by atoms with van der Waals surface area (Å²) < 4.78 is 27.1. The van der Waals surface area contributed by atoms with Crippen LogP contribution in [0.25, 0.3) is 0 Å². The molecule has 0 fully saturated rings. The molecule has 0 bridgehead atoms. The van der Waals surface area contributed by atoms with Crippen molar-refractivity contribution in [3.8, 4) is 0 Å². The van der Waals surface area contributed by atoms with Crippen molar-refractivity contribution < 1.29 is 8.78 Å². The summed E-state index contributed by atoms with van der Waals surface area (Å²) in [4.78, 5) is 16.6. The molecular formula is C12H10F2N2OS. The first-order chi connectivity index (χ1) is 8.49. The summed E-state index contributed by atoms with van der Waals surface area (Å²) in [5, 5.41) is 0. The van der Waals surface area contributed by atoms with Crippen molar-refractivity contribution in [2.75, 3.05) is 0 Å². The normalized spacial score (nSPS) is 10.6. The molecule has 18 heavy (non-hydrogen) atoms. The Balaban J connectivity index is 2.53. The van der Waals surface area contributed by atoms with Gasteiger partial charge in [0.1, 0.15) is 11.6 Å². The molecule has 2 aromatic rings. The second-order valence-corrected chi connectivity index (χ2v) is 4.30. The maximum atomic E-state index is 13.5. The predicted molar refractivity (Wildman–Crippen MR) is 66.1 cm³/mol. The van der Waals surface area contributed by atoms with Crippen LogP contribution in [0, 0.1) is 23.3 Å². The second kappa shape index (κ2) is 4.81. The summed E-state index contributed by atoms with van der Waals surface area (Å²) >= 11 is 4.83. The molecule has 1 aromatic heterocycles. The lowest BCUT2D eigenvalue weighted by Crippen LogP contribution is -2.15. The summed E-state index contributed by atoms with van der Waals surface area (Å²) in [7, 11) is 0. The standard InChI is InChI=1S/C12H10F2N2OS/c1-6-10(15-12(18)16-11(6)17)5-7-8(13)3-2-4-9(7)14/h2-4H,5H2,1H3,(H2,15,16,17,18). The zero-order chi connectivity index (χ0) is 13.3. The number of aromatic amines is 2. The average Bonchev–Trinajstić information content (AvgIpc) is 2.30. The van der Waals surface area contributed by atoms with Crippen LogP contribution >= 0.6 is 12.2 Å². The fraction of sp³-hybridized carbons (Fsp3) is 0.167. The summed E-state index contributed by atoms with van der Waals surface area (Å²) in [6, 6.07) is 3.64. The van der Waals surface area contributed by atoms with Crippen molar-refractivity contribution in [1.82, 2.24) is 9.97 Å². The van der Waals surface area contributed by atoms with Crippen molar-refractivity contribution in [2.45, 2.75) is 13.3 Å². The van der Waals surface area contributed by atoms with Gasteiger partial charge in [0.05, 0.1) is 0 Å². The number of aromatic nitrogens is 2. The Morgan fingerprint density at radius 1 is 1.22 bits per heavy atom. The molecule has 0 amide bonds. The van der Waals surface area contributed by atoms with Gasteiger partial charge in [-0.05, 0) is 31.3 Å². The lowest BCUT2D eigenvalue weighted by molar-refractivity contribution is 0.560. The monoisotopic (exact) mass is 268 g/mol. The van der Waals surface area contributed by atoms with Crippen molar-refractivity contribution in [2.24, 2.45) is 0 Å². The predicted octanol–water partition coefficient (Wildman–Crippen LogP) is 2.61. The Morgan fingerprint density at radius 2 is 1.83 bits per heavy atom. The van der Waals surface area contributed by atoms with Crippen molar-refractivity contribution in [3.05, 3.63) is 61.8 Å². The van der Waals surface area contributed by atoms with Gasteiger partial charge in [0.15, 0.2) is 4.77 Å². The fourth-order valence-corrected chi connectivity index (χ4v) is 1.87. The first-order valence-electron chi connectivity index (χ1n) is 5.24. The van der Waals surface area contributed by atoms with Gasteiger partial charge in [-0.2, -0.15) is 0 Å². The van der Waals surface area contributed by atoms with Gasteiger partial charge in [-0.15, -0.1) is 0 Å². The van der Waals surface area contributed by atoms with Crippen LogP contribution < -0.4 is 5.56 Å². The second-order valence-electron chi connectivity index (χ2n) is 3.89. The van der Waals surface area contributed by atoms with Crippen molar-refractivity contribution >= 4 is 12.2 Å². The van der Waals surface area contributed by atoms with Gasteiger partial charge in [0, 0.05) is 23.2 Å². The number of hydrogen-bond donors (Lipinski definition) is 2. The van der Waals surface area contributed by atoms with E-state index in [1.807, 2.05) is 0 Å². The quantitative estimate of drug-likeness (QED) is 0.822. The van der Waals surface area contributed by atoms with Crippen molar-refractivity contribution in [1.29, 1.82) is 0 Å². The molecule has 6 heteroatoms. The van der Waals surface area contributed by atoms with Crippen molar-refractivity contribution in [3.63, 3.8) is 0 Å². The summed E-state index contributed by atoms with van der Waals surface area (Å²) in [5.41, 5.74) is 0.335. The van der Waals surface area contributed by atoms with Crippen LogP contribution in [-0.4, -0.2) is 9.97 Å². The van der Waals surface area contributed by atoms with E-state index in [2.05, 4.69) is 9.97 Å². The number of benzene rings is 1. The van der Waals surface area contributed by atoms with Gasteiger partial charge in [0.25, 0.3) is 5.56 Å². The van der Waals surface area contributed by atoms with Crippen LogP contribution in [0.1, 0.15) is 16.8 Å². The van der Waals surface area contributed by atoms with Gasteiger partial charge in [-0.25, -0.2) is 8.78 Å². The van der Waals surface area contributed by atoms with E-state index in [0.717, 1.165) is 0 Å². The summed E-state index contributed by atoms with van der Waals surface area (Å²) in [6.45, 7) is 1.57. The Bertz CT molecular complexity index is 686. The van der Waals surface area contributed by atoms with E-state index in [9.17, 15) is 13.6 Å². The molecule has 0 atom stereocenters. The first kappa shape index (κ1) is 12.6. The highest BCUT2D eigenvalue weighted by molar-refractivity contribution is 7.71. The van der Waals surface area contributed by atoms with E-state index >= 15 is 0 Å². The molecule has 0 aliphatic carbocycles. The van der Waals surface area contributed by atoms with E-state index in [4.69, 9.17) is 12.2 Å². The highest BCUT2D eigenvalue weighted by atomic mass is 32.1. The molecule has 0 unspecified atom stereocenters. The molecule has 2 rings (SSSR count). The Hall–Kier alpha value is -1.82. The average molecular weight is 268 g/mol. The third-order valence-corrected chi connectivity index (χ3v) is 2.90. The van der Waals surface area contributed by atoms with Crippen LogP contribution in [0.15, 0.2) is 23.0 Å². The highest BCUT2D eigenvalue weighted by Crippen LogP contribution is 2.16. The molecule has 0 radical (unpaired) electrons. The van der Waals surface area contributed by atoms with Gasteiger partial charge in [-0.1, -0.05) is 6.07 Å². The largest absolute Gasteiger partial charge is 0.335 e. The van der Waals surface area contributed by atoms with E-state index in [1.54, 1.807) is 6.92 Å². The molecule has 0 spiro atoms. The minimum atomic E-state index is -0.644. The molecular weight excluding hydrogens is 258 g/mol. The van der Waals surface area contributed by atoms with Crippen LogP contribution in [-0.2, 0) is 6.42 Å². The Morgan fingerprint density at radius 3 is 2.44 bits per heavy atom. The number of hydrogen-bond acceptors (Lipinski definition) is 2. The van der Waals surface area contributed by atoms with E-state index in [1.165, 1.54) is 18.2 Å². The first-order valence-corrected chi connectivity index (χ1v) is 5.65. The molecule has 2 N–H and O–H groups in total. The van der Waals surface area contributed by atoms with Gasteiger partial charge in [-0.3, -0.25) is 9.78 Å². The SMILES string of the molecule is Cc1c(Cc2c(F)cccc2F)[nH]c(=S)[nH]c1=O. The maximum Gasteiger partial charge on any atom is 0.254 e. The number of nitrogens with one attached hydrogen (secondary N) is 2. The third kappa shape index (κ3) is 2.38. The molecule has 1 aromatic carbocycles. The number of rotatable bonds is 2. The van der Waals surface area contributed by atoms with Gasteiger partial charge < -0.3 is 4.98 Å². The van der Waals surface area contributed by atoms with E-state index < -0.39 is 11.6 Å². The lowest BCUT2D eigenvalue weighted by atomic mass is 10.1. The molecule has 1 heterocycles. The Kier molecular flexibility index (Phi) is 3.38. The van der Waals surface area contributed by atoms with Crippen LogP contribution in [0.2, 0.25) is 0 Å². The van der Waals surface area contributed by atoms with Gasteiger partial charge >= 0.3 is 0 Å². The third-order valence-electron chi connectivity index (χ3n) is 2.70. The highest BCUT2D eigenvalue weighted by Gasteiger charge is 2.12. The zero-order valence-electron chi connectivity index (χ0n) is 9.51. The molecule has 94 valence electrons. The maximum absolute atomic E-state index is 13.5. The molecule has 0 saturated heterocycles. The van der Waals surface area contributed by atoms with Crippen LogP contribution in [0.4, 0.5) is 8.78 Å². The smallest absolute Gasteiger partial charge is 0.254 e. The van der Waals surface area contributed by atoms with Crippen LogP contribution in [0.3, 0.4) is 0 Å². The molecule has 0 aliphatic rings. The minimum absolute atomic E-state index is 0.0438. The number of halogens is 2. The topological polar surface area (TPSA) is 48.6 Å². The lowest BCUT2D eigenvalue weighted by Gasteiger charge is -2.07. The summed E-state index contributed by atoms with van der Waals surface area (Å²) in [6.07, 6.45) is -0.0438. The number of H-pyrrole nitrogens is 2. The fourth-order valence-electron chi connectivity index (χ4n) is 1.65. The van der Waals surface area contributed by atoms with Gasteiger partial charge in [0.2, 0.25) is 0 Å². The van der Waals surface area contributed by atoms with E-state index in [0.29, 0.717) is 11.3 Å². The Labute approximate surface area is 107 Å². The van der Waals surface area contributed by atoms with E-state index in [-0.39, 0.29) is 22.3 Å². The van der Waals surface area contributed by atoms with Crippen LogP contribution in [0.5, 0.6) is 0 Å². The molecule has 3 nitrogen and oxygen atoms in total. The summed E-state index contributed by atoms with van der Waals surface area (Å²) in [5.74, 6) is -1.29. The molecule has 0 saturated carbocycles. The minimum Gasteiger partial charge on any atom is -0.335 e.